The Hall–Kier alpha value is -2.53. The molecule has 6 heteroatoms. The van der Waals surface area contributed by atoms with E-state index in [0.717, 1.165) is 11.1 Å². The summed E-state index contributed by atoms with van der Waals surface area (Å²) in [5, 5.41) is 13.0. The second kappa shape index (κ2) is 7.84. The summed E-state index contributed by atoms with van der Waals surface area (Å²) in [7, 11) is 0. The third-order valence-electron chi connectivity index (χ3n) is 3.45. The van der Waals surface area contributed by atoms with Crippen molar-refractivity contribution in [2.75, 3.05) is 6.61 Å². The van der Waals surface area contributed by atoms with E-state index in [4.69, 9.17) is 16.3 Å². The number of aryl methyl sites for hydroxylation is 1. The minimum Gasteiger partial charge on any atom is -0.507 e. The second-order valence-corrected chi connectivity index (χ2v) is 5.87. The van der Waals surface area contributed by atoms with E-state index in [9.17, 15) is 14.7 Å². The summed E-state index contributed by atoms with van der Waals surface area (Å²) in [5.41, 5.74) is 1.73. The number of esters is 1. The van der Waals surface area contributed by atoms with E-state index in [1.165, 1.54) is 12.1 Å². The molecule has 0 unspecified atom stereocenters. The average Bonchev–Trinajstić information content (AvgIpc) is 2.55. The van der Waals surface area contributed by atoms with Gasteiger partial charge in [-0.05, 0) is 43.7 Å². The Labute approximate surface area is 145 Å². The topological polar surface area (TPSA) is 75.6 Å². The third kappa shape index (κ3) is 4.73. The van der Waals surface area contributed by atoms with Crippen LogP contribution >= 0.6 is 11.6 Å². The highest BCUT2D eigenvalue weighted by atomic mass is 35.5. The van der Waals surface area contributed by atoms with E-state index in [2.05, 4.69) is 5.32 Å². The molecule has 0 heterocycles. The maximum atomic E-state index is 11.9. The van der Waals surface area contributed by atoms with Crippen LogP contribution in [0.15, 0.2) is 42.5 Å². The highest BCUT2D eigenvalue weighted by molar-refractivity contribution is 6.30. The predicted octanol–water partition coefficient (Wildman–Crippen LogP) is 3.39. The lowest BCUT2D eigenvalue weighted by Gasteiger charge is -2.14. The van der Waals surface area contributed by atoms with Gasteiger partial charge in [0, 0.05) is 5.02 Å². The zero-order valence-corrected chi connectivity index (χ0v) is 14.1. The van der Waals surface area contributed by atoms with Crippen molar-refractivity contribution in [3.05, 3.63) is 64.2 Å². The third-order valence-corrected chi connectivity index (χ3v) is 3.71. The van der Waals surface area contributed by atoms with Crippen molar-refractivity contribution in [3.8, 4) is 5.75 Å². The molecule has 0 bridgehead atoms. The molecule has 24 heavy (non-hydrogen) atoms. The van der Waals surface area contributed by atoms with E-state index >= 15 is 0 Å². The Kier molecular flexibility index (Phi) is 5.82. The first kappa shape index (κ1) is 17.8. The van der Waals surface area contributed by atoms with Crippen LogP contribution in [0.3, 0.4) is 0 Å². The fourth-order valence-corrected chi connectivity index (χ4v) is 2.27. The number of hydrogen-bond donors (Lipinski definition) is 2. The van der Waals surface area contributed by atoms with Gasteiger partial charge in [-0.1, -0.05) is 35.4 Å². The van der Waals surface area contributed by atoms with Gasteiger partial charge in [-0.15, -0.1) is 0 Å². The van der Waals surface area contributed by atoms with E-state index < -0.39 is 18.5 Å². The first-order valence-electron chi connectivity index (χ1n) is 7.38. The van der Waals surface area contributed by atoms with Gasteiger partial charge in [0.15, 0.2) is 6.61 Å². The van der Waals surface area contributed by atoms with Crippen molar-refractivity contribution in [1.29, 1.82) is 0 Å². The number of carbonyl (C=O) groups excluding carboxylic acids is 2. The largest absolute Gasteiger partial charge is 0.507 e. The lowest BCUT2D eigenvalue weighted by Crippen LogP contribution is -2.31. The Morgan fingerprint density at radius 3 is 2.54 bits per heavy atom. The number of rotatable bonds is 5. The molecule has 0 saturated carbocycles. The van der Waals surface area contributed by atoms with Crippen LogP contribution in [0.5, 0.6) is 5.75 Å². The van der Waals surface area contributed by atoms with Gasteiger partial charge < -0.3 is 15.2 Å². The number of amides is 1. The van der Waals surface area contributed by atoms with Gasteiger partial charge in [-0.25, -0.2) is 4.79 Å². The molecule has 2 rings (SSSR count). The summed E-state index contributed by atoms with van der Waals surface area (Å²) in [4.78, 5) is 23.8. The number of phenolic OH excluding ortho intramolecular Hbond substituents is 1. The minimum atomic E-state index is -0.745. The Bertz CT molecular complexity index is 743. The lowest BCUT2D eigenvalue weighted by atomic mass is 10.1. The molecule has 0 aliphatic carbocycles. The van der Waals surface area contributed by atoms with Gasteiger partial charge in [0.2, 0.25) is 0 Å². The molecule has 126 valence electrons. The maximum Gasteiger partial charge on any atom is 0.342 e. The normalized spacial score (nSPS) is 11.6. The van der Waals surface area contributed by atoms with Gasteiger partial charge in [0.25, 0.3) is 5.91 Å². The summed E-state index contributed by atoms with van der Waals surface area (Å²) in [6.45, 7) is 3.18. The van der Waals surface area contributed by atoms with Gasteiger partial charge in [-0.3, -0.25) is 4.79 Å². The molecule has 5 nitrogen and oxygen atoms in total. The SMILES string of the molecule is Cc1ccc(O)c(C(=O)OCC(=O)N[C@@H](C)c2ccc(Cl)cc2)c1. The average molecular weight is 348 g/mol. The first-order chi connectivity index (χ1) is 11.4. The van der Waals surface area contributed by atoms with E-state index in [1.807, 2.05) is 19.1 Å². The summed E-state index contributed by atoms with van der Waals surface area (Å²) in [5.74, 6) is -1.36. The van der Waals surface area contributed by atoms with Crippen LogP contribution in [-0.4, -0.2) is 23.6 Å². The lowest BCUT2D eigenvalue weighted by molar-refractivity contribution is -0.124. The predicted molar refractivity (Wildman–Crippen MR) is 91.1 cm³/mol. The summed E-state index contributed by atoms with van der Waals surface area (Å²) < 4.78 is 4.95. The fourth-order valence-electron chi connectivity index (χ4n) is 2.14. The van der Waals surface area contributed by atoms with E-state index in [1.54, 1.807) is 25.1 Å². The van der Waals surface area contributed by atoms with Gasteiger partial charge in [-0.2, -0.15) is 0 Å². The van der Waals surface area contributed by atoms with E-state index in [-0.39, 0.29) is 17.4 Å². The molecule has 0 radical (unpaired) electrons. The zero-order chi connectivity index (χ0) is 17.7. The molecule has 1 amide bonds. The molecular formula is C18H18ClNO4. The fraction of sp³-hybridized carbons (Fsp3) is 0.222. The second-order valence-electron chi connectivity index (χ2n) is 5.44. The number of ether oxygens (including phenoxy) is 1. The van der Waals surface area contributed by atoms with Crippen LogP contribution in [0.4, 0.5) is 0 Å². The van der Waals surface area contributed by atoms with Gasteiger partial charge >= 0.3 is 5.97 Å². The zero-order valence-electron chi connectivity index (χ0n) is 13.4. The highest BCUT2D eigenvalue weighted by Crippen LogP contribution is 2.19. The quantitative estimate of drug-likeness (QED) is 0.813. The van der Waals surface area contributed by atoms with Crippen molar-refractivity contribution in [2.24, 2.45) is 0 Å². The molecule has 1 atom stereocenters. The van der Waals surface area contributed by atoms with E-state index in [0.29, 0.717) is 5.02 Å². The summed E-state index contributed by atoms with van der Waals surface area (Å²) in [6.07, 6.45) is 0. The molecule has 0 saturated heterocycles. The maximum absolute atomic E-state index is 11.9. The number of nitrogens with one attached hydrogen (secondary N) is 1. The molecule has 0 aliphatic heterocycles. The number of phenols is 1. The van der Waals surface area contributed by atoms with Crippen LogP contribution in [-0.2, 0) is 9.53 Å². The van der Waals surface area contributed by atoms with Crippen molar-refractivity contribution >= 4 is 23.5 Å². The standard InChI is InChI=1S/C18H18ClNO4/c1-11-3-8-16(21)15(9-11)18(23)24-10-17(22)20-12(2)13-4-6-14(19)7-5-13/h3-9,12,21H,10H2,1-2H3,(H,20,22)/t12-/m0/s1. The van der Waals surface area contributed by atoms with Crippen LogP contribution in [0.2, 0.25) is 5.02 Å². The highest BCUT2D eigenvalue weighted by Gasteiger charge is 2.16. The molecule has 0 spiro atoms. The molecular weight excluding hydrogens is 330 g/mol. The minimum absolute atomic E-state index is 0.0357. The summed E-state index contributed by atoms with van der Waals surface area (Å²) >= 11 is 5.82. The number of halogens is 1. The molecule has 0 aromatic heterocycles. The van der Waals surface area contributed by atoms with Crippen molar-refractivity contribution in [1.82, 2.24) is 5.32 Å². The van der Waals surface area contributed by atoms with Crippen molar-refractivity contribution < 1.29 is 19.4 Å². The van der Waals surface area contributed by atoms with Crippen LogP contribution in [0, 0.1) is 6.92 Å². The molecule has 0 fully saturated rings. The molecule has 2 aromatic carbocycles. The number of carbonyl (C=O) groups is 2. The Balaban J connectivity index is 1.89. The Morgan fingerprint density at radius 1 is 1.21 bits per heavy atom. The monoisotopic (exact) mass is 347 g/mol. The van der Waals surface area contributed by atoms with Gasteiger partial charge in [0.05, 0.1) is 6.04 Å². The number of aromatic hydroxyl groups is 1. The molecule has 2 N–H and O–H groups in total. The smallest absolute Gasteiger partial charge is 0.342 e. The van der Waals surface area contributed by atoms with Crippen LogP contribution in [0.25, 0.3) is 0 Å². The number of benzene rings is 2. The van der Waals surface area contributed by atoms with Crippen molar-refractivity contribution in [2.45, 2.75) is 19.9 Å². The van der Waals surface area contributed by atoms with Crippen molar-refractivity contribution in [3.63, 3.8) is 0 Å². The van der Waals surface area contributed by atoms with Crippen LogP contribution < -0.4 is 5.32 Å². The molecule has 2 aromatic rings. The van der Waals surface area contributed by atoms with Gasteiger partial charge in [0.1, 0.15) is 11.3 Å². The summed E-state index contributed by atoms with van der Waals surface area (Å²) in [6, 6.07) is 11.4. The molecule has 0 aliphatic rings. The Morgan fingerprint density at radius 2 is 1.88 bits per heavy atom. The first-order valence-corrected chi connectivity index (χ1v) is 7.76. The number of hydrogen-bond acceptors (Lipinski definition) is 4. The van der Waals surface area contributed by atoms with Crippen LogP contribution in [0.1, 0.15) is 34.5 Å².